The number of carbonyl (C=O) groups is 1. The Bertz CT molecular complexity index is 872. The van der Waals surface area contributed by atoms with Gasteiger partial charge in [-0.15, -0.1) is 0 Å². The Hall–Kier alpha value is -2.04. The lowest BCUT2D eigenvalue weighted by molar-refractivity contribution is -0.122. The van der Waals surface area contributed by atoms with E-state index in [1.54, 1.807) is 11.0 Å². The highest BCUT2D eigenvalue weighted by Crippen LogP contribution is 2.35. The molecule has 0 aliphatic carbocycles. The highest BCUT2D eigenvalue weighted by atomic mass is 35.5. The molecule has 0 bridgehead atoms. The Labute approximate surface area is 163 Å². The average Bonchev–Trinajstić information content (AvgIpc) is 2.92. The Morgan fingerprint density at radius 1 is 1.15 bits per heavy atom. The highest BCUT2D eigenvalue weighted by Gasteiger charge is 2.32. The summed E-state index contributed by atoms with van der Waals surface area (Å²) in [6.07, 6.45) is 1.93. The molecule has 2 aromatic rings. The molecule has 0 saturated carbocycles. The lowest BCUT2D eigenvalue weighted by Gasteiger charge is -2.12. The highest BCUT2D eigenvalue weighted by molar-refractivity contribution is 8.18. The van der Waals surface area contributed by atoms with Gasteiger partial charge in [-0.3, -0.25) is 9.69 Å². The van der Waals surface area contributed by atoms with E-state index in [-0.39, 0.29) is 5.91 Å². The van der Waals surface area contributed by atoms with Crippen LogP contribution in [-0.2, 0) is 4.79 Å². The van der Waals surface area contributed by atoms with Crippen LogP contribution >= 0.6 is 23.4 Å². The molecule has 1 fully saturated rings. The maximum Gasteiger partial charge on any atom is 0.266 e. The molecule has 2 aromatic carbocycles. The van der Waals surface area contributed by atoms with E-state index in [2.05, 4.69) is 43.1 Å². The number of rotatable bonds is 4. The first kappa shape index (κ1) is 18.7. The molecule has 1 aliphatic rings. The van der Waals surface area contributed by atoms with E-state index in [1.165, 1.54) is 17.3 Å². The van der Waals surface area contributed by atoms with Gasteiger partial charge in [-0.25, -0.2) is 4.99 Å². The molecule has 1 heterocycles. The van der Waals surface area contributed by atoms with Gasteiger partial charge in [0.2, 0.25) is 0 Å². The van der Waals surface area contributed by atoms with Crippen molar-refractivity contribution in [2.45, 2.75) is 26.7 Å². The second kappa shape index (κ2) is 8.11. The SMILES string of the molecule is CCN1C(=O)/C(=C\c2ccc(C(C)C)cc2)SC1=Nc1ccccc1Cl. The smallest absolute Gasteiger partial charge is 0.266 e. The zero-order valence-electron chi connectivity index (χ0n) is 15.1. The first-order valence-corrected chi connectivity index (χ1v) is 9.83. The van der Waals surface area contributed by atoms with E-state index in [0.29, 0.717) is 33.2 Å². The summed E-state index contributed by atoms with van der Waals surface area (Å²) in [4.78, 5) is 19.7. The first-order valence-electron chi connectivity index (χ1n) is 8.64. The summed E-state index contributed by atoms with van der Waals surface area (Å²) in [5.74, 6) is 0.473. The number of nitrogens with zero attached hydrogens (tertiary/aromatic N) is 2. The minimum Gasteiger partial charge on any atom is -0.287 e. The van der Waals surface area contributed by atoms with Gasteiger partial charge in [-0.1, -0.05) is 61.8 Å². The fourth-order valence-corrected chi connectivity index (χ4v) is 3.88. The molecular weight excluding hydrogens is 364 g/mol. The predicted octanol–water partition coefficient (Wildman–Crippen LogP) is 6.09. The first-order chi connectivity index (χ1) is 12.5. The molecule has 3 nitrogen and oxygen atoms in total. The van der Waals surface area contributed by atoms with Crippen LogP contribution < -0.4 is 0 Å². The predicted molar refractivity (Wildman–Crippen MR) is 112 cm³/mol. The normalized spacial score (nSPS) is 17.7. The Morgan fingerprint density at radius 3 is 2.46 bits per heavy atom. The molecule has 0 aromatic heterocycles. The lowest BCUT2D eigenvalue weighted by atomic mass is 10.0. The van der Waals surface area contributed by atoms with Crippen LogP contribution in [0.2, 0.25) is 5.02 Å². The minimum absolute atomic E-state index is 0.0174. The number of aliphatic imine (C=N–C) groups is 1. The number of carbonyl (C=O) groups excluding carboxylic acids is 1. The van der Waals surface area contributed by atoms with Crippen molar-refractivity contribution in [3.8, 4) is 0 Å². The van der Waals surface area contributed by atoms with Crippen LogP contribution in [0.25, 0.3) is 6.08 Å². The maximum absolute atomic E-state index is 12.7. The summed E-state index contributed by atoms with van der Waals surface area (Å²) in [7, 11) is 0. The largest absolute Gasteiger partial charge is 0.287 e. The topological polar surface area (TPSA) is 32.7 Å². The monoisotopic (exact) mass is 384 g/mol. The summed E-state index contributed by atoms with van der Waals surface area (Å²) in [6, 6.07) is 15.7. The maximum atomic E-state index is 12.7. The van der Waals surface area contributed by atoms with Crippen LogP contribution in [-0.4, -0.2) is 22.5 Å². The van der Waals surface area contributed by atoms with Crippen molar-refractivity contribution in [1.82, 2.24) is 4.90 Å². The van der Waals surface area contributed by atoms with E-state index in [4.69, 9.17) is 11.6 Å². The molecule has 0 N–H and O–H groups in total. The number of amides is 1. The number of halogens is 1. The van der Waals surface area contributed by atoms with Gasteiger partial charge >= 0.3 is 0 Å². The molecule has 1 saturated heterocycles. The number of hydrogen-bond donors (Lipinski definition) is 0. The quantitative estimate of drug-likeness (QED) is 0.597. The van der Waals surface area contributed by atoms with Gasteiger partial charge in [0.1, 0.15) is 0 Å². The summed E-state index contributed by atoms with van der Waals surface area (Å²) in [5.41, 5.74) is 2.97. The summed E-state index contributed by atoms with van der Waals surface area (Å²) in [6.45, 7) is 6.85. The van der Waals surface area contributed by atoms with Crippen molar-refractivity contribution in [3.63, 3.8) is 0 Å². The van der Waals surface area contributed by atoms with Gasteiger partial charge in [0.25, 0.3) is 5.91 Å². The molecule has 1 aliphatic heterocycles. The standard InChI is InChI=1S/C21H21ClN2OS/c1-4-24-20(25)19(13-15-9-11-16(12-10-15)14(2)3)26-21(24)23-18-8-6-5-7-17(18)22/h5-14H,4H2,1-3H3/b19-13+,23-21?. The Balaban J connectivity index is 1.90. The van der Waals surface area contributed by atoms with Gasteiger partial charge in [-0.05, 0) is 53.9 Å². The van der Waals surface area contributed by atoms with E-state index in [0.717, 1.165) is 5.56 Å². The van der Waals surface area contributed by atoms with E-state index >= 15 is 0 Å². The molecule has 0 spiro atoms. The molecule has 0 unspecified atom stereocenters. The number of benzene rings is 2. The van der Waals surface area contributed by atoms with E-state index < -0.39 is 0 Å². The number of para-hydroxylation sites is 1. The third-order valence-corrected chi connectivity index (χ3v) is 5.50. The molecule has 134 valence electrons. The summed E-state index contributed by atoms with van der Waals surface area (Å²) in [5, 5.41) is 1.24. The van der Waals surface area contributed by atoms with Crippen LogP contribution in [0.3, 0.4) is 0 Å². The van der Waals surface area contributed by atoms with Crippen molar-refractivity contribution in [3.05, 3.63) is 69.6 Å². The molecule has 5 heteroatoms. The van der Waals surface area contributed by atoms with Gasteiger partial charge in [-0.2, -0.15) is 0 Å². The molecule has 3 rings (SSSR count). The second-order valence-electron chi connectivity index (χ2n) is 6.33. The number of likely N-dealkylation sites (N-methyl/N-ethyl adjacent to an activating group) is 1. The zero-order valence-corrected chi connectivity index (χ0v) is 16.6. The van der Waals surface area contributed by atoms with Crippen molar-refractivity contribution in [1.29, 1.82) is 0 Å². The fourth-order valence-electron chi connectivity index (χ4n) is 2.64. The fraction of sp³-hybridized carbons (Fsp3) is 0.238. The van der Waals surface area contributed by atoms with Gasteiger partial charge in [0, 0.05) is 6.54 Å². The van der Waals surface area contributed by atoms with Crippen molar-refractivity contribution in [2.75, 3.05) is 6.54 Å². The number of amidine groups is 1. The lowest BCUT2D eigenvalue weighted by Crippen LogP contribution is -2.28. The molecule has 0 atom stereocenters. The van der Waals surface area contributed by atoms with Crippen molar-refractivity contribution >= 4 is 46.2 Å². The van der Waals surface area contributed by atoms with Crippen LogP contribution in [0.15, 0.2) is 58.4 Å². The molecule has 0 radical (unpaired) electrons. The van der Waals surface area contributed by atoms with E-state index in [9.17, 15) is 4.79 Å². The third kappa shape index (κ3) is 4.02. The van der Waals surface area contributed by atoms with Crippen molar-refractivity contribution < 1.29 is 4.79 Å². The van der Waals surface area contributed by atoms with Gasteiger partial charge in [0.15, 0.2) is 5.17 Å². The summed E-state index contributed by atoms with van der Waals surface area (Å²) >= 11 is 7.59. The molecular formula is C21H21ClN2OS. The van der Waals surface area contributed by atoms with Gasteiger partial charge in [0.05, 0.1) is 15.6 Å². The minimum atomic E-state index is -0.0174. The van der Waals surface area contributed by atoms with Crippen LogP contribution in [0.5, 0.6) is 0 Å². The van der Waals surface area contributed by atoms with Crippen LogP contribution in [0, 0.1) is 0 Å². The van der Waals surface area contributed by atoms with Crippen LogP contribution in [0.4, 0.5) is 5.69 Å². The average molecular weight is 385 g/mol. The van der Waals surface area contributed by atoms with Gasteiger partial charge < -0.3 is 0 Å². The molecule has 1 amide bonds. The molecule has 26 heavy (non-hydrogen) atoms. The number of hydrogen-bond acceptors (Lipinski definition) is 3. The third-order valence-electron chi connectivity index (χ3n) is 4.17. The summed E-state index contributed by atoms with van der Waals surface area (Å²) < 4.78 is 0. The number of thioether (sulfide) groups is 1. The Kier molecular flexibility index (Phi) is 5.84. The van der Waals surface area contributed by atoms with Crippen LogP contribution in [0.1, 0.15) is 37.8 Å². The second-order valence-corrected chi connectivity index (χ2v) is 7.74. The van der Waals surface area contributed by atoms with Crippen molar-refractivity contribution in [2.24, 2.45) is 4.99 Å². The Morgan fingerprint density at radius 2 is 1.85 bits per heavy atom. The zero-order chi connectivity index (χ0) is 18.7. The van der Waals surface area contributed by atoms with E-state index in [1.807, 2.05) is 31.2 Å².